The molecule has 0 fully saturated rings. The molecule has 0 aromatic heterocycles. The molecule has 0 aliphatic heterocycles. The second-order valence-corrected chi connectivity index (χ2v) is 7.34. The molecule has 2 atom stereocenters. The Morgan fingerprint density at radius 2 is 2.00 bits per heavy atom. The fourth-order valence-electron chi connectivity index (χ4n) is 0.922. The molecule has 0 rings (SSSR count). The second-order valence-electron chi connectivity index (χ2n) is 3.46. The van der Waals surface area contributed by atoms with Crippen LogP contribution < -0.4 is 5.73 Å². The second kappa shape index (κ2) is 6.53. The summed E-state index contributed by atoms with van der Waals surface area (Å²) in [5, 5.41) is 0. The summed E-state index contributed by atoms with van der Waals surface area (Å²) in [6.07, 6.45) is 2.45. The Morgan fingerprint density at radius 3 is 2.43 bits per heavy atom. The molecule has 2 N–H and O–H groups in total. The van der Waals surface area contributed by atoms with Crippen LogP contribution in [-0.4, -0.2) is 42.2 Å². The molecule has 4 nitrogen and oxygen atoms in total. The van der Waals surface area contributed by atoms with E-state index < -0.39 is 20.6 Å². The number of nitrogens with two attached hydrogens (primary N) is 1. The van der Waals surface area contributed by atoms with Crippen molar-refractivity contribution < 1.29 is 12.6 Å². The van der Waals surface area contributed by atoms with E-state index in [1.807, 2.05) is 6.92 Å². The zero-order valence-electron chi connectivity index (χ0n) is 8.73. The Morgan fingerprint density at radius 1 is 1.43 bits per heavy atom. The number of hydrogen-bond donors (Lipinski definition) is 1. The maximum absolute atomic E-state index is 11.3. The monoisotopic (exact) mass is 241 g/mol. The third-order valence-electron chi connectivity index (χ3n) is 1.81. The lowest BCUT2D eigenvalue weighted by molar-refractivity contribution is 0.600. The van der Waals surface area contributed by atoms with Gasteiger partial charge in [-0.1, -0.05) is 6.92 Å². The van der Waals surface area contributed by atoms with Gasteiger partial charge in [0.05, 0.1) is 5.75 Å². The van der Waals surface area contributed by atoms with E-state index >= 15 is 0 Å². The van der Waals surface area contributed by atoms with E-state index in [9.17, 15) is 12.6 Å². The smallest absolute Gasteiger partial charge is 0.147 e. The van der Waals surface area contributed by atoms with Crippen LogP contribution in [0.5, 0.6) is 0 Å². The first kappa shape index (κ1) is 14.1. The summed E-state index contributed by atoms with van der Waals surface area (Å²) >= 11 is 0. The van der Waals surface area contributed by atoms with Gasteiger partial charge in [-0.15, -0.1) is 0 Å². The summed E-state index contributed by atoms with van der Waals surface area (Å²) in [7, 11) is -3.89. The van der Waals surface area contributed by atoms with Crippen molar-refractivity contribution in [2.75, 3.05) is 23.5 Å². The predicted molar refractivity (Wildman–Crippen MR) is 60.5 cm³/mol. The third-order valence-corrected chi connectivity index (χ3v) is 4.39. The molecule has 0 aliphatic rings. The lowest BCUT2D eigenvalue weighted by Crippen LogP contribution is -2.27. The van der Waals surface area contributed by atoms with Gasteiger partial charge in [-0.25, -0.2) is 8.42 Å². The van der Waals surface area contributed by atoms with Crippen molar-refractivity contribution in [3.8, 4) is 0 Å². The molecule has 0 radical (unpaired) electrons. The van der Waals surface area contributed by atoms with Crippen LogP contribution in [0.15, 0.2) is 0 Å². The molecule has 14 heavy (non-hydrogen) atoms. The number of hydrogen-bond acceptors (Lipinski definition) is 4. The Kier molecular flexibility index (Phi) is 6.55. The Bertz CT molecular complexity index is 274. The van der Waals surface area contributed by atoms with E-state index in [2.05, 4.69) is 0 Å². The Labute approximate surface area is 88.6 Å². The topological polar surface area (TPSA) is 77.2 Å². The van der Waals surface area contributed by atoms with Gasteiger partial charge in [0.15, 0.2) is 0 Å². The van der Waals surface area contributed by atoms with E-state index in [-0.39, 0.29) is 11.8 Å². The molecule has 0 saturated carbocycles. The Hall–Kier alpha value is 0.0600. The highest BCUT2D eigenvalue weighted by molar-refractivity contribution is 7.90. The molecular weight excluding hydrogens is 222 g/mol. The summed E-state index contributed by atoms with van der Waals surface area (Å²) in [5.41, 5.74) is 5.62. The van der Waals surface area contributed by atoms with Crippen LogP contribution in [0.2, 0.25) is 0 Å². The van der Waals surface area contributed by atoms with Gasteiger partial charge >= 0.3 is 0 Å². The van der Waals surface area contributed by atoms with Gasteiger partial charge in [-0.2, -0.15) is 0 Å². The molecular formula is C8H19NO3S2. The van der Waals surface area contributed by atoms with Crippen molar-refractivity contribution in [1.29, 1.82) is 0 Å². The van der Waals surface area contributed by atoms with E-state index in [1.165, 1.54) is 6.26 Å². The van der Waals surface area contributed by atoms with E-state index in [1.54, 1.807) is 0 Å². The quantitative estimate of drug-likeness (QED) is 0.675. The normalized spacial score (nSPS) is 16.5. The van der Waals surface area contributed by atoms with Crippen LogP contribution in [0.3, 0.4) is 0 Å². The predicted octanol–water partition coefficient (Wildman–Crippen LogP) is -0.0929. The van der Waals surface area contributed by atoms with Gasteiger partial charge in [-0.3, -0.25) is 4.21 Å². The van der Waals surface area contributed by atoms with E-state index in [0.29, 0.717) is 17.9 Å². The molecule has 2 unspecified atom stereocenters. The lowest BCUT2D eigenvalue weighted by atomic mass is 10.3. The molecule has 0 heterocycles. The summed E-state index contributed by atoms with van der Waals surface area (Å²) in [4.78, 5) is 0. The van der Waals surface area contributed by atoms with Crippen molar-refractivity contribution in [1.82, 2.24) is 0 Å². The van der Waals surface area contributed by atoms with Gasteiger partial charge in [-0.05, 0) is 12.8 Å². The summed E-state index contributed by atoms with van der Waals surface area (Å²) < 4.78 is 32.9. The molecule has 6 heteroatoms. The first-order chi connectivity index (χ1) is 6.35. The minimum absolute atomic E-state index is 0.0333. The molecule has 0 amide bonds. The van der Waals surface area contributed by atoms with Crippen LogP contribution in [0.1, 0.15) is 19.8 Å². The average molecular weight is 241 g/mol. The molecule has 86 valence electrons. The third kappa shape index (κ3) is 8.65. The first-order valence-electron chi connectivity index (χ1n) is 4.63. The SMILES string of the molecule is CCC(N)CS(=O)CCCS(C)(=O)=O. The van der Waals surface area contributed by atoms with Crippen molar-refractivity contribution in [3.63, 3.8) is 0 Å². The van der Waals surface area contributed by atoms with Crippen molar-refractivity contribution in [2.24, 2.45) is 5.73 Å². The van der Waals surface area contributed by atoms with Crippen molar-refractivity contribution in [2.45, 2.75) is 25.8 Å². The summed E-state index contributed by atoms with van der Waals surface area (Å²) in [6.45, 7) is 1.94. The van der Waals surface area contributed by atoms with Crippen LogP contribution in [0.25, 0.3) is 0 Å². The largest absolute Gasteiger partial charge is 0.327 e. The van der Waals surface area contributed by atoms with Gasteiger partial charge < -0.3 is 5.73 Å². The van der Waals surface area contributed by atoms with E-state index in [0.717, 1.165) is 6.42 Å². The van der Waals surface area contributed by atoms with Crippen molar-refractivity contribution >= 4 is 20.6 Å². The van der Waals surface area contributed by atoms with Crippen LogP contribution in [0.4, 0.5) is 0 Å². The minimum Gasteiger partial charge on any atom is -0.327 e. The maximum atomic E-state index is 11.3. The van der Waals surface area contributed by atoms with E-state index in [4.69, 9.17) is 5.73 Å². The minimum atomic E-state index is -2.92. The molecule has 0 saturated heterocycles. The molecule has 0 spiro atoms. The van der Waals surface area contributed by atoms with Crippen molar-refractivity contribution in [3.05, 3.63) is 0 Å². The highest BCUT2D eigenvalue weighted by atomic mass is 32.2. The fourth-order valence-corrected chi connectivity index (χ4v) is 3.12. The van der Waals surface area contributed by atoms with Crippen LogP contribution >= 0.6 is 0 Å². The van der Waals surface area contributed by atoms with Gasteiger partial charge in [0.1, 0.15) is 9.84 Å². The lowest BCUT2D eigenvalue weighted by Gasteiger charge is -2.07. The average Bonchev–Trinajstić information content (AvgIpc) is 2.01. The van der Waals surface area contributed by atoms with Gasteiger partial charge in [0, 0.05) is 34.6 Å². The zero-order valence-corrected chi connectivity index (χ0v) is 10.4. The molecule has 0 aromatic rings. The standard InChI is InChI=1S/C8H19NO3S2/c1-3-8(9)7-13(10)5-4-6-14(2,11)12/h8H,3-7,9H2,1-2H3. The Balaban J connectivity index is 3.65. The maximum Gasteiger partial charge on any atom is 0.147 e. The fraction of sp³-hybridized carbons (Fsp3) is 1.00. The highest BCUT2D eigenvalue weighted by Crippen LogP contribution is 1.96. The molecule has 0 aliphatic carbocycles. The first-order valence-corrected chi connectivity index (χ1v) is 8.18. The summed E-state index contributed by atoms with van der Waals surface area (Å²) in [5.74, 6) is 1.02. The van der Waals surface area contributed by atoms with Gasteiger partial charge in [0.25, 0.3) is 0 Å². The molecule has 0 aromatic carbocycles. The van der Waals surface area contributed by atoms with Crippen LogP contribution in [0, 0.1) is 0 Å². The number of sulfone groups is 1. The molecule has 0 bridgehead atoms. The van der Waals surface area contributed by atoms with Gasteiger partial charge in [0.2, 0.25) is 0 Å². The number of rotatable bonds is 7. The van der Waals surface area contributed by atoms with Crippen LogP contribution in [-0.2, 0) is 20.6 Å². The highest BCUT2D eigenvalue weighted by Gasteiger charge is 2.08. The zero-order chi connectivity index (χ0) is 11.2. The summed E-state index contributed by atoms with van der Waals surface area (Å²) in [6, 6.07) is -0.0333.